The Morgan fingerprint density at radius 2 is 2.09 bits per heavy atom. The van der Waals surface area contributed by atoms with Crippen molar-refractivity contribution in [3.63, 3.8) is 0 Å². The lowest BCUT2D eigenvalue weighted by atomic mass is 10.1. The first-order valence-electron chi connectivity index (χ1n) is 6.87. The summed E-state index contributed by atoms with van der Waals surface area (Å²) in [6, 6.07) is 11.8. The molecule has 1 aromatic heterocycles. The van der Waals surface area contributed by atoms with E-state index in [1.54, 1.807) is 36.4 Å². The minimum Gasteiger partial charge on any atom is -0.486 e. The van der Waals surface area contributed by atoms with Crippen LogP contribution in [-0.2, 0) is 11.2 Å². The predicted molar refractivity (Wildman–Crippen MR) is 79.4 cm³/mol. The van der Waals surface area contributed by atoms with E-state index in [2.05, 4.69) is 5.16 Å². The van der Waals surface area contributed by atoms with Gasteiger partial charge in [-0.25, -0.2) is 4.39 Å². The van der Waals surface area contributed by atoms with Gasteiger partial charge in [-0.3, -0.25) is 4.79 Å². The Balaban J connectivity index is 1.86. The molecule has 0 unspecified atom stereocenters. The van der Waals surface area contributed by atoms with Gasteiger partial charge in [0.05, 0.1) is 5.69 Å². The standard InChI is InChI=1S/C17H14FNO3/c1-11(20)10-21-13-6-7-14-16(19-22-17(14)9-13)8-12-4-2-3-5-15(12)18/h2-7,9H,8,10H2,1H3. The highest BCUT2D eigenvalue weighted by atomic mass is 19.1. The molecule has 2 aromatic carbocycles. The van der Waals surface area contributed by atoms with Crippen LogP contribution in [0.25, 0.3) is 11.0 Å². The third-order valence-corrected chi connectivity index (χ3v) is 3.28. The number of carbonyl (C=O) groups is 1. The summed E-state index contributed by atoms with van der Waals surface area (Å²) in [5.41, 5.74) is 1.78. The number of fused-ring (bicyclic) bond motifs is 1. The van der Waals surface area contributed by atoms with Crippen molar-refractivity contribution in [1.29, 1.82) is 0 Å². The lowest BCUT2D eigenvalue weighted by Gasteiger charge is -2.03. The van der Waals surface area contributed by atoms with Crippen molar-refractivity contribution in [2.45, 2.75) is 13.3 Å². The van der Waals surface area contributed by atoms with E-state index in [0.29, 0.717) is 29.0 Å². The van der Waals surface area contributed by atoms with Crippen molar-refractivity contribution in [2.24, 2.45) is 0 Å². The molecule has 0 aliphatic carbocycles. The third kappa shape index (κ3) is 2.98. The van der Waals surface area contributed by atoms with Crippen molar-refractivity contribution in [3.8, 4) is 5.75 Å². The monoisotopic (exact) mass is 299 g/mol. The summed E-state index contributed by atoms with van der Waals surface area (Å²) >= 11 is 0. The van der Waals surface area contributed by atoms with Gasteiger partial charge in [0.1, 0.15) is 18.2 Å². The van der Waals surface area contributed by atoms with Crippen LogP contribution in [0.4, 0.5) is 4.39 Å². The van der Waals surface area contributed by atoms with Crippen molar-refractivity contribution in [2.75, 3.05) is 6.61 Å². The lowest BCUT2D eigenvalue weighted by molar-refractivity contribution is -0.118. The van der Waals surface area contributed by atoms with Crippen molar-refractivity contribution in [1.82, 2.24) is 5.16 Å². The first kappa shape index (κ1) is 14.3. The minimum atomic E-state index is -0.264. The second-order valence-corrected chi connectivity index (χ2v) is 5.05. The van der Waals surface area contributed by atoms with E-state index in [9.17, 15) is 9.18 Å². The van der Waals surface area contributed by atoms with Gasteiger partial charge in [-0.2, -0.15) is 0 Å². The van der Waals surface area contributed by atoms with Gasteiger partial charge in [0.2, 0.25) is 0 Å². The first-order valence-corrected chi connectivity index (χ1v) is 6.87. The van der Waals surface area contributed by atoms with Crippen LogP contribution in [0.15, 0.2) is 47.0 Å². The Kier molecular flexibility index (Phi) is 3.87. The number of rotatable bonds is 5. The molecule has 0 bridgehead atoms. The third-order valence-electron chi connectivity index (χ3n) is 3.28. The second kappa shape index (κ2) is 5.97. The summed E-state index contributed by atoms with van der Waals surface area (Å²) in [7, 11) is 0. The maximum Gasteiger partial charge on any atom is 0.170 e. The summed E-state index contributed by atoms with van der Waals surface area (Å²) in [5.74, 6) is 0.217. The largest absolute Gasteiger partial charge is 0.486 e. The fourth-order valence-electron chi connectivity index (χ4n) is 2.19. The summed E-state index contributed by atoms with van der Waals surface area (Å²) in [4.78, 5) is 10.9. The van der Waals surface area contributed by atoms with Gasteiger partial charge in [-0.05, 0) is 30.7 Å². The highest BCUT2D eigenvalue weighted by molar-refractivity contribution is 5.81. The van der Waals surface area contributed by atoms with Gasteiger partial charge in [0.25, 0.3) is 0 Å². The van der Waals surface area contributed by atoms with Crippen molar-refractivity contribution >= 4 is 16.8 Å². The average Bonchev–Trinajstić information content (AvgIpc) is 2.90. The topological polar surface area (TPSA) is 52.3 Å². The molecular formula is C17H14FNO3. The Morgan fingerprint density at radius 3 is 2.86 bits per heavy atom. The average molecular weight is 299 g/mol. The Morgan fingerprint density at radius 1 is 1.27 bits per heavy atom. The van der Waals surface area contributed by atoms with Gasteiger partial charge < -0.3 is 9.26 Å². The van der Waals surface area contributed by atoms with E-state index in [1.807, 2.05) is 0 Å². The van der Waals surface area contributed by atoms with E-state index in [0.717, 1.165) is 5.39 Å². The van der Waals surface area contributed by atoms with Crippen LogP contribution in [-0.4, -0.2) is 17.5 Å². The number of halogens is 1. The van der Waals surface area contributed by atoms with Gasteiger partial charge in [-0.1, -0.05) is 23.4 Å². The molecule has 0 atom stereocenters. The molecule has 0 N–H and O–H groups in total. The smallest absolute Gasteiger partial charge is 0.170 e. The molecule has 0 saturated heterocycles. The number of aromatic nitrogens is 1. The van der Waals surface area contributed by atoms with Gasteiger partial charge >= 0.3 is 0 Å². The van der Waals surface area contributed by atoms with Crippen LogP contribution >= 0.6 is 0 Å². The van der Waals surface area contributed by atoms with E-state index >= 15 is 0 Å². The summed E-state index contributed by atoms with van der Waals surface area (Å²) in [6.45, 7) is 1.47. The molecular weight excluding hydrogens is 285 g/mol. The van der Waals surface area contributed by atoms with Crippen LogP contribution in [0.3, 0.4) is 0 Å². The fraction of sp³-hybridized carbons (Fsp3) is 0.176. The SMILES string of the molecule is CC(=O)COc1ccc2c(Cc3ccccc3F)noc2c1. The number of benzene rings is 2. The lowest BCUT2D eigenvalue weighted by Crippen LogP contribution is -2.06. The molecule has 0 saturated carbocycles. The Hall–Kier alpha value is -2.69. The maximum atomic E-state index is 13.7. The molecule has 112 valence electrons. The Labute approximate surface area is 126 Å². The molecule has 5 heteroatoms. The molecule has 0 spiro atoms. The summed E-state index contributed by atoms with van der Waals surface area (Å²) in [6.07, 6.45) is 0.354. The zero-order chi connectivity index (χ0) is 15.5. The zero-order valence-electron chi connectivity index (χ0n) is 12.0. The minimum absolute atomic E-state index is 0.0156. The Bertz CT molecular complexity index is 826. The molecule has 0 radical (unpaired) electrons. The molecule has 1 heterocycles. The molecule has 0 aliphatic rings. The number of Topliss-reactive ketones (excluding diaryl/α,β-unsaturated/α-hetero) is 1. The number of nitrogens with zero attached hydrogens (tertiary/aromatic N) is 1. The van der Waals surface area contributed by atoms with Gasteiger partial charge in [-0.15, -0.1) is 0 Å². The second-order valence-electron chi connectivity index (χ2n) is 5.05. The molecule has 3 aromatic rings. The number of hydrogen-bond donors (Lipinski definition) is 0. The number of carbonyl (C=O) groups excluding carboxylic acids is 1. The van der Waals surface area contributed by atoms with Crippen molar-refractivity contribution < 1.29 is 18.4 Å². The van der Waals surface area contributed by atoms with Crippen LogP contribution < -0.4 is 4.74 Å². The van der Waals surface area contributed by atoms with E-state index in [-0.39, 0.29) is 18.2 Å². The van der Waals surface area contributed by atoms with E-state index in [1.165, 1.54) is 13.0 Å². The number of hydrogen-bond acceptors (Lipinski definition) is 4. The molecule has 0 aliphatic heterocycles. The normalized spacial score (nSPS) is 10.8. The number of ketones is 1. The molecule has 0 amide bonds. The van der Waals surface area contributed by atoms with E-state index < -0.39 is 0 Å². The maximum absolute atomic E-state index is 13.7. The van der Waals surface area contributed by atoms with E-state index in [4.69, 9.17) is 9.26 Å². The molecule has 4 nitrogen and oxygen atoms in total. The quantitative estimate of drug-likeness (QED) is 0.723. The van der Waals surface area contributed by atoms with Gasteiger partial charge in [0, 0.05) is 17.9 Å². The number of ether oxygens (including phenoxy) is 1. The predicted octanol–water partition coefficient (Wildman–Crippen LogP) is 3.53. The summed E-state index contributed by atoms with van der Waals surface area (Å²) in [5, 5.41) is 4.81. The molecule has 3 rings (SSSR count). The van der Waals surface area contributed by atoms with Crippen LogP contribution in [0.5, 0.6) is 5.75 Å². The van der Waals surface area contributed by atoms with Gasteiger partial charge in [0.15, 0.2) is 11.4 Å². The molecule has 22 heavy (non-hydrogen) atoms. The molecule has 0 fully saturated rings. The van der Waals surface area contributed by atoms with Crippen LogP contribution in [0, 0.1) is 5.82 Å². The van der Waals surface area contributed by atoms with Crippen LogP contribution in [0.1, 0.15) is 18.2 Å². The highest BCUT2D eigenvalue weighted by Crippen LogP contribution is 2.25. The zero-order valence-corrected chi connectivity index (χ0v) is 12.0. The van der Waals surface area contributed by atoms with Crippen molar-refractivity contribution in [3.05, 3.63) is 59.5 Å². The van der Waals surface area contributed by atoms with Crippen LogP contribution in [0.2, 0.25) is 0 Å². The fourth-order valence-corrected chi connectivity index (χ4v) is 2.19. The summed E-state index contributed by atoms with van der Waals surface area (Å²) < 4.78 is 24.3. The first-order chi connectivity index (χ1) is 10.6. The highest BCUT2D eigenvalue weighted by Gasteiger charge is 2.12.